The minimum Gasteiger partial charge on any atom is -0.478 e. The molecule has 2 aromatic rings. The quantitative estimate of drug-likeness (QED) is 0.580. The van der Waals surface area contributed by atoms with E-state index in [1.54, 1.807) is 48.5 Å². The van der Waals surface area contributed by atoms with Crippen molar-refractivity contribution in [3.63, 3.8) is 0 Å². The van der Waals surface area contributed by atoms with Crippen LogP contribution in [0.1, 0.15) is 26.3 Å². The van der Waals surface area contributed by atoms with Crippen molar-refractivity contribution in [1.82, 2.24) is 10.6 Å². The molecule has 27 heavy (non-hydrogen) atoms. The predicted octanol–water partition coefficient (Wildman–Crippen LogP) is 1.03. The molecule has 0 spiro atoms. The molecule has 1 fully saturated rings. The van der Waals surface area contributed by atoms with E-state index in [0.29, 0.717) is 18.7 Å². The Balaban J connectivity index is 1.46. The summed E-state index contributed by atoms with van der Waals surface area (Å²) in [5, 5.41) is 25.3. The van der Waals surface area contributed by atoms with Crippen LogP contribution in [0.5, 0.6) is 0 Å². The molecule has 3 unspecified atom stereocenters. The zero-order chi connectivity index (χ0) is 19.2. The number of carbonyl (C=O) groups is 2. The van der Waals surface area contributed by atoms with E-state index >= 15 is 0 Å². The lowest BCUT2D eigenvalue weighted by atomic mass is 10.1. The number of aromatic carboxylic acids is 1. The molecule has 0 bridgehead atoms. The first-order chi connectivity index (χ1) is 13.0. The number of rotatable bonds is 7. The highest BCUT2D eigenvalue weighted by molar-refractivity contribution is 5.94. The lowest BCUT2D eigenvalue weighted by Crippen LogP contribution is -2.44. The molecule has 3 atom stereocenters. The van der Waals surface area contributed by atoms with Gasteiger partial charge in [0, 0.05) is 18.7 Å². The number of aliphatic hydroxyl groups is 1. The molecule has 1 saturated heterocycles. The van der Waals surface area contributed by atoms with Gasteiger partial charge in [0.1, 0.15) is 6.10 Å². The fraction of sp³-hybridized carbons (Fsp3) is 0.300. The topological polar surface area (TPSA) is 108 Å². The molecule has 0 radical (unpaired) electrons. The van der Waals surface area contributed by atoms with Gasteiger partial charge in [-0.05, 0) is 29.8 Å². The third-order valence-electron chi connectivity index (χ3n) is 4.55. The van der Waals surface area contributed by atoms with Crippen LogP contribution in [-0.2, 0) is 11.3 Å². The van der Waals surface area contributed by atoms with Crippen molar-refractivity contribution in [2.75, 3.05) is 13.2 Å². The van der Waals surface area contributed by atoms with E-state index in [1.165, 1.54) is 0 Å². The maximum atomic E-state index is 12.1. The summed E-state index contributed by atoms with van der Waals surface area (Å²) in [6.45, 7) is 1.04. The zero-order valence-electron chi connectivity index (χ0n) is 14.7. The minimum absolute atomic E-state index is 0.207. The van der Waals surface area contributed by atoms with Gasteiger partial charge in [0.15, 0.2) is 0 Å². The van der Waals surface area contributed by atoms with Gasteiger partial charge in [-0.2, -0.15) is 0 Å². The summed E-state index contributed by atoms with van der Waals surface area (Å²) in [6, 6.07) is 15.2. The van der Waals surface area contributed by atoms with Crippen LogP contribution >= 0.6 is 0 Å². The van der Waals surface area contributed by atoms with E-state index in [-0.39, 0.29) is 24.1 Å². The molecule has 1 aliphatic heterocycles. The largest absolute Gasteiger partial charge is 0.478 e. The van der Waals surface area contributed by atoms with Crippen LogP contribution in [-0.4, -0.2) is 53.5 Å². The van der Waals surface area contributed by atoms with Gasteiger partial charge < -0.3 is 25.6 Å². The van der Waals surface area contributed by atoms with Crippen LogP contribution in [0.25, 0.3) is 0 Å². The summed E-state index contributed by atoms with van der Waals surface area (Å²) in [4.78, 5) is 22.9. The lowest BCUT2D eigenvalue weighted by Gasteiger charge is -2.19. The summed E-state index contributed by atoms with van der Waals surface area (Å²) in [5.74, 6) is -1.17. The van der Waals surface area contributed by atoms with Crippen molar-refractivity contribution in [1.29, 1.82) is 0 Å². The SMILES string of the molecule is O=C(O)c1ccc(CNC2COC(CNC(=O)c3ccccc3)C2O)cc1. The molecule has 0 aromatic heterocycles. The van der Waals surface area contributed by atoms with Crippen LogP contribution in [0.4, 0.5) is 0 Å². The Morgan fingerprint density at radius 1 is 1.04 bits per heavy atom. The van der Waals surface area contributed by atoms with E-state index in [1.807, 2.05) is 6.07 Å². The second kappa shape index (κ2) is 8.77. The molecule has 0 saturated carbocycles. The molecular weight excluding hydrogens is 348 g/mol. The van der Waals surface area contributed by atoms with Crippen molar-refractivity contribution in [2.45, 2.75) is 24.8 Å². The number of carboxylic acid groups (broad SMARTS) is 1. The number of nitrogens with one attached hydrogen (secondary N) is 2. The Hall–Kier alpha value is -2.74. The smallest absolute Gasteiger partial charge is 0.335 e. The average Bonchev–Trinajstić information content (AvgIpc) is 3.05. The van der Waals surface area contributed by atoms with Crippen molar-refractivity contribution in [2.24, 2.45) is 0 Å². The number of hydrogen-bond donors (Lipinski definition) is 4. The van der Waals surface area contributed by atoms with Crippen LogP contribution in [0.15, 0.2) is 54.6 Å². The van der Waals surface area contributed by atoms with Crippen LogP contribution in [0, 0.1) is 0 Å². The Morgan fingerprint density at radius 2 is 1.74 bits per heavy atom. The Labute approximate surface area is 157 Å². The van der Waals surface area contributed by atoms with Crippen molar-refractivity contribution in [3.05, 3.63) is 71.3 Å². The molecule has 7 nitrogen and oxygen atoms in total. The van der Waals surface area contributed by atoms with Crippen molar-refractivity contribution < 1.29 is 24.5 Å². The molecule has 1 heterocycles. The van der Waals surface area contributed by atoms with Gasteiger partial charge in [-0.25, -0.2) is 4.79 Å². The minimum atomic E-state index is -0.963. The molecule has 7 heteroatoms. The van der Waals surface area contributed by atoms with Crippen LogP contribution in [0.2, 0.25) is 0 Å². The lowest BCUT2D eigenvalue weighted by molar-refractivity contribution is 0.0398. The second-order valence-electron chi connectivity index (χ2n) is 6.43. The fourth-order valence-corrected chi connectivity index (χ4v) is 2.94. The highest BCUT2D eigenvalue weighted by atomic mass is 16.5. The third-order valence-corrected chi connectivity index (χ3v) is 4.55. The normalized spacial score (nSPS) is 21.7. The van der Waals surface area contributed by atoms with Gasteiger partial charge in [0.05, 0.1) is 24.3 Å². The average molecular weight is 370 g/mol. The monoisotopic (exact) mass is 370 g/mol. The van der Waals surface area contributed by atoms with E-state index in [9.17, 15) is 14.7 Å². The Bertz CT molecular complexity index is 779. The third kappa shape index (κ3) is 4.91. The predicted molar refractivity (Wildman–Crippen MR) is 98.6 cm³/mol. The standard InChI is InChI=1S/C20H22N2O5/c23-18-16(21-10-13-6-8-15(9-7-13)20(25)26)12-27-17(18)11-22-19(24)14-4-2-1-3-5-14/h1-9,16-18,21,23H,10-12H2,(H,22,24)(H,25,26). The number of amides is 1. The first kappa shape index (κ1) is 19.0. The number of carboxylic acids is 1. The van der Waals surface area contributed by atoms with Gasteiger partial charge in [0.2, 0.25) is 0 Å². The summed E-state index contributed by atoms with van der Waals surface area (Å²) in [7, 11) is 0. The first-order valence-corrected chi connectivity index (χ1v) is 8.73. The van der Waals surface area contributed by atoms with Gasteiger partial charge in [-0.1, -0.05) is 30.3 Å². The van der Waals surface area contributed by atoms with E-state index in [2.05, 4.69) is 10.6 Å². The molecule has 4 N–H and O–H groups in total. The molecular formula is C20H22N2O5. The summed E-state index contributed by atoms with van der Waals surface area (Å²) < 4.78 is 5.60. The van der Waals surface area contributed by atoms with Crippen molar-refractivity contribution in [3.8, 4) is 0 Å². The van der Waals surface area contributed by atoms with Gasteiger partial charge >= 0.3 is 5.97 Å². The van der Waals surface area contributed by atoms with Crippen LogP contribution in [0.3, 0.4) is 0 Å². The van der Waals surface area contributed by atoms with E-state index in [0.717, 1.165) is 5.56 Å². The summed E-state index contributed by atoms with van der Waals surface area (Å²) >= 11 is 0. The number of aliphatic hydroxyl groups excluding tert-OH is 1. The maximum absolute atomic E-state index is 12.1. The first-order valence-electron chi connectivity index (χ1n) is 8.73. The van der Waals surface area contributed by atoms with Gasteiger partial charge in [-0.15, -0.1) is 0 Å². The summed E-state index contributed by atoms with van der Waals surface area (Å²) in [6.07, 6.45) is -1.23. The number of ether oxygens (including phenoxy) is 1. The number of carbonyl (C=O) groups excluding carboxylic acids is 1. The molecule has 1 aliphatic rings. The van der Waals surface area contributed by atoms with E-state index in [4.69, 9.17) is 9.84 Å². The van der Waals surface area contributed by atoms with Gasteiger partial charge in [0.25, 0.3) is 5.91 Å². The number of benzene rings is 2. The molecule has 142 valence electrons. The molecule has 0 aliphatic carbocycles. The maximum Gasteiger partial charge on any atom is 0.335 e. The van der Waals surface area contributed by atoms with E-state index < -0.39 is 18.2 Å². The number of hydrogen-bond acceptors (Lipinski definition) is 5. The molecule has 1 amide bonds. The second-order valence-corrected chi connectivity index (χ2v) is 6.43. The Morgan fingerprint density at radius 3 is 2.41 bits per heavy atom. The molecule has 2 aromatic carbocycles. The molecule has 3 rings (SSSR count). The Kier molecular flexibility index (Phi) is 6.18. The van der Waals surface area contributed by atoms with Gasteiger partial charge in [-0.3, -0.25) is 4.79 Å². The zero-order valence-corrected chi connectivity index (χ0v) is 14.7. The highest BCUT2D eigenvalue weighted by Gasteiger charge is 2.35. The van der Waals surface area contributed by atoms with Crippen molar-refractivity contribution >= 4 is 11.9 Å². The van der Waals surface area contributed by atoms with Crippen LogP contribution < -0.4 is 10.6 Å². The highest BCUT2D eigenvalue weighted by Crippen LogP contribution is 2.15. The summed E-state index contributed by atoms with van der Waals surface area (Å²) in [5.41, 5.74) is 1.70. The fourth-order valence-electron chi connectivity index (χ4n) is 2.94.